The topological polar surface area (TPSA) is 101 Å². The van der Waals surface area contributed by atoms with Gasteiger partial charge in [-0.05, 0) is 13.0 Å². The summed E-state index contributed by atoms with van der Waals surface area (Å²) in [4.78, 5) is 11.5. The van der Waals surface area contributed by atoms with E-state index in [0.717, 1.165) is 0 Å². The predicted octanol–water partition coefficient (Wildman–Crippen LogP) is -1.09. The molecule has 6 heteroatoms. The first kappa shape index (κ1) is 11.5. The number of nitrogens with one attached hydrogen (secondary N) is 1. The Morgan fingerprint density at radius 3 is 2.93 bits per heavy atom. The van der Waals surface area contributed by atoms with Crippen LogP contribution in [0.4, 0.5) is 0 Å². The van der Waals surface area contributed by atoms with Crippen LogP contribution >= 0.6 is 0 Å². The molecule has 0 saturated heterocycles. The van der Waals surface area contributed by atoms with Gasteiger partial charge in [0, 0.05) is 12.6 Å². The van der Waals surface area contributed by atoms with Gasteiger partial charge in [0.1, 0.15) is 0 Å². The molecule has 0 spiro atoms. The lowest BCUT2D eigenvalue weighted by molar-refractivity contribution is 0.0937. The molecule has 2 unspecified atom stereocenters. The van der Waals surface area contributed by atoms with Crippen molar-refractivity contribution in [3.05, 3.63) is 24.0 Å². The normalized spacial score (nSPS) is 14.3. The van der Waals surface area contributed by atoms with Gasteiger partial charge in [0.25, 0.3) is 5.91 Å². The van der Waals surface area contributed by atoms with Crippen LogP contribution in [0.1, 0.15) is 17.3 Å². The second kappa shape index (κ2) is 5.38. The van der Waals surface area contributed by atoms with Gasteiger partial charge >= 0.3 is 0 Å². The van der Waals surface area contributed by atoms with E-state index in [1.807, 2.05) is 0 Å². The highest BCUT2D eigenvalue weighted by molar-refractivity contribution is 5.93. The maximum atomic E-state index is 11.5. The van der Waals surface area contributed by atoms with E-state index < -0.39 is 12.1 Å². The van der Waals surface area contributed by atoms with Gasteiger partial charge in [-0.1, -0.05) is 0 Å². The van der Waals surface area contributed by atoms with Crippen LogP contribution in [0.2, 0.25) is 0 Å². The van der Waals surface area contributed by atoms with Crippen LogP contribution in [0.15, 0.2) is 18.5 Å². The lowest BCUT2D eigenvalue weighted by atomic mass is 10.2. The summed E-state index contributed by atoms with van der Waals surface area (Å²) in [7, 11) is 0. The Balaban J connectivity index is 2.44. The molecule has 1 rings (SSSR count). The van der Waals surface area contributed by atoms with E-state index in [1.54, 1.807) is 13.0 Å². The molecule has 0 bridgehead atoms. The predicted molar refractivity (Wildman–Crippen MR) is 54.0 cm³/mol. The van der Waals surface area contributed by atoms with E-state index in [4.69, 9.17) is 10.8 Å². The molecule has 0 fully saturated rings. The number of carbonyl (C=O) groups is 1. The van der Waals surface area contributed by atoms with Crippen molar-refractivity contribution in [1.82, 2.24) is 15.5 Å². The molecule has 0 saturated carbocycles. The number of amides is 1. The standard InChI is InChI=1S/C9H14N4O2/c1-6(14)8(10)5-11-9(15)7-2-3-12-13-4-7/h2-4,6,8,14H,5,10H2,1H3,(H,11,15). The van der Waals surface area contributed by atoms with Crippen LogP contribution in [-0.2, 0) is 0 Å². The van der Waals surface area contributed by atoms with E-state index in [-0.39, 0.29) is 12.5 Å². The highest BCUT2D eigenvalue weighted by Gasteiger charge is 2.11. The van der Waals surface area contributed by atoms with E-state index in [0.29, 0.717) is 5.56 Å². The van der Waals surface area contributed by atoms with Gasteiger partial charge in [-0.2, -0.15) is 10.2 Å². The van der Waals surface area contributed by atoms with Crippen LogP contribution in [0, 0.1) is 0 Å². The summed E-state index contributed by atoms with van der Waals surface area (Å²) in [5.74, 6) is -0.277. The Labute approximate surface area is 87.5 Å². The van der Waals surface area contributed by atoms with E-state index in [2.05, 4.69) is 15.5 Å². The second-order valence-corrected chi connectivity index (χ2v) is 3.25. The minimum atomic E-state index is -0.652. The number of nitrogens with two attached hydrogens (primary N) is 1. The number of carbonyl (C=O) groups excluding carboxylic acids is 1. The zero-order chi connectivity index (χ0) is 11.3. The highest BCUT2D eigenvalue weighted by atomic mass is 16.3. The van der Waals surface area contributed by atoms with Crippen molar-refractivity contribution < 1.29 is 9.90 Å². The quantitative estimate of drug-likeness (QED) is 0.586. The molecule has 6 nitrogen and oxygen atoms in total. The van der Waals surface area contributed by atoms with Gasteiger partial charge in [0.2, 0.25) is 0 Å². The molecule has 0 aliphatic rings. The number of aromatic nitrogens is 2. The first-order valence-corrected chi connectivity index (χ1v) is 4.60. The van der Waals surface area contributed by atoms with Gasteiger partial charge in [0.05, 0.1) is 24.1 Å². The Kier molecular flexibility index (Phi) is 4.14. The zero-order valence-electron chi connectivity index (χ0n) is 8.42. The molecule has 0 aromatic carbocycles. The number of hydrogen-bond donors (Lipinski definition) is 3. The van der Waals surface area contributed by atoms with E-state index in [1.165, 1.54) is 12.4 Å². The van der Waals surface area contributed by atoms with Gasteiger partial charge in [-0.25, -0.2) is 0 Å². The molecule has 82 valence electrons. The fourth-order valence-corrected chi connectivity index (χ4v) is 0.908. The molecule has 1 amide bonds. The van der Waals surface area contributed by atoms with Crippen LogP contribution < -0.4 is 11.1 Å². The van der Waals surface area contributed by atoms with E-state index >= 15 is 0 Å². The number of nitrogens with zero attached hydrogens (tertiary/aromatic N) is 2. The fourth-order valence-electron chi connectivity index (χ4n) is 0.908. The van der Waals surface area contributed by atoms with Gasteiger partial charge < -0.3 is 16.2 Å². The van der Waals surface area contributed by atoms with Gasteiger partial charge in [-0.15, -0.1) is 0 Å². The zero-order valence-corrected chi connectivity index (χ0v) is 8.42. The maximum absolute atomic E-state index is 11.5. The van der Waals surface area contributed by atoms with Crippen LogP contribution in [0.25, 0.3) is 0 Å². The summed E-state index contributed by atoms with van der Waals surface area (Å²) in [6.45, 7) is 1.80. The van der Waals surface area contributed by atoms with Crippen LogP contribution in [0.5, 0.6) is 0 Å². The summed E-state index contributed by atoms with van der Waals surface area (Å²) in [6, 6.07) is 1.08. The summed E-state index contributed by atoms with van der Waals surface area (Å²) in [5.41, 5.74) is 5.97. The fraction of sp³-hybridized carbons (Fsp3) is 0.444. The SMILES string of the molecule is CC(O)C(N)CNC(=O)c1ccnnc1. The van der Waals surface area contributed by atoms with Crippen LogP contribution in [0.3, 0.4) is 0 Å². The molecule has 1 heterocycles. The Morgan fingerprint density at radius 2 is 2.40 bits per heavy atom. The van der Waals surface area contributed by atoms with Crippen molar-refractivity contribution in [2.45, 2.75) is 19.1 Å². The van der Waals surface area contributed by atoms with Crippen molar-refractivity contribution in [2.75, 3.05) is 6.54 Å². The van der Waals surface area contributed by atoms with Gasteiger partial charge in [-0.3, -0.25) is 4.79 Å². The van der Waals surface area contributed by atoms with Crippen molar-refractivity contribution in [3.63, 3.8) is 0 Å². The third kappa shape index (κ3) is 3.61. The lowest BCUT2D eigenvalue weighted by Gasteiger charge is -2.14. The second-order valence-electron chi connectivity index (χ2n) is 3.25. The molecular formula is C9H14N4O2. The number of aliphatic hydroxyl groups excluding tert-OH is 1. The lowest BCUT2D eigenvalue weighted by Crippen LogP contribution is -2.43. The van der Waals surface area contributed by atoms with Crippen molar-refractivity contribution >= 4 is 5.91 Å². The molecule has 0 radical (unpaired) electrons. The third-order valence-corrected chi connectivity index (χ3v) is 1.96. The minimum Gasteiger partial charge on any atom is -0.392 e. The Hall–Kier alpha value is -1.53. The molecule has 4 N–H and O–H groups in total. The summed E-state index contributed by atoms with van der Waals surface area (Å²) < 4.78 is 0. The highest BCUT2D eigenvalue weighted by Crippen LogP contribution is 1.94. The monoisotopic (exact) mass is 210 g/mol. The largest absolute Gasteiger partial charge is 0.392 e. The summed E-state index contributed by atoms with van der Waals surface area (Å²) >= 11 is 0. The smallest absolute Gasteiger partial charge is 0.253 e. The first-order valence-electron chi connectivity index (χ1n) is 4.60. The van der Waals surface area contributed by atoms with Crippen molar-refractivity contribution in [1.29, 1.82) is 0 Å². The molecule has 15 heavy (non-hydrogen) atoms. The van der Waals surface area contributed by atoms with Crippen molar-refractivity contribution in [2.24, 2.45) is 5.73 Å². The molecule has 0 aliphatic heterocycles. The average Bonchev–Trinajstić information content (AvgIpc) is 2.26. The first-order chi connectivity index (χ1) is 7.11. The van der Waals surface area contributed by atoms with E-state index in [9.17, 15) is 4.79 Å². The number of hydrogen-bond acceptors (Lipinski definition) is 5. The van der Waals surface area contributed by atoms with Crippen molar-refractivity contribution in [3.8, 4) is 0 Å². The molecule has 0 aliphatic carbocycles. The van der Waals surface area contributed by atoms with Gasteiger partial charge in [0.15, 0.2) is 0 Å². The summed E-state index contributed by atoms with van der Waals surface area (Å²) in [5, 5.41) is 18.8. The maximum Gasteiger partial charge on any atom is 0.253 e. The minimum absolute atomic E-state index is 0.221. The average molecular weight is 210 g/mol. The summed E-state index contributed by atoms with van der Waals surface area (Å²) in [6.07, 6.45) is 2.15. The molecular weight excluding hydrogens is 196 g/mol. The Bertz CT molecular complexity index is 315. The Morgan fingerprint density at radius 1 is 1.67 bits per heavy atom. The number of aliphatic hydroxyl groups is 1. The molecule has 1 aromatic heterocycles. The molecule has 1 aromatic rings. The number of rotatable bonds is 4. The molecule has 2 atom stereocenters. The third-order valence-electron chi connectivity index (χ3n) is 1.96. The van der Waals surface area contributed by atoms with Crippen LogP contribution in [-0.4, -0.2) is 39.9 Å².